The first-order chi connectivity index (χ1) is 5.47. The molecule has 0 radical (unpaired) electrons. The van der Waals surface area contributed by atoms with Crippen molar-refractivity contribution in [1.29, 1.82) is 0 Å². The molecule has 0 fully saturated rings. The van der Waals surface area contributed by atoms with E-state index in [2.05, 4.69) is 6.08 Å². The average Bonchev–Trinajstić information content (AvgIpc) is 2.28. The van der Waals surface area contributed by atoms with Crippen molar-refractivity contribution in [1.82, 2.24) is 0 Å². The zero-order valence-electron chi connectivity index (χ0n) is 5.90. The van der Waals surface area contributed by atoms with E-state index in [0.717, 1.165) is 19.8 Å². The van der Waals surface area contributed by atoms with Gasteiger partial charge in [-0.3, -0.25) is 0 Å². The fourth-order valence-electron chi connectivity index (χ4n) is 0.963. The van der Waals surface area contributed by atoms with Gasteiger partial charge >= 0.3 is 0 Å². The molecule has 0 spiro atoms. The summed E-state index contributed by atoms with van der Waals surface area (Å²) in [5.41, 5.74) is 1.15. The molecular formula is C9H7OP. The van der Waals surface area contributed by atoms with Gasteiger partial charge in [0, 0.05) is 11.4 Å². The molecule has 0 aromatic rings. The second-order valence-corrected chi connectivity index (χ2v) is 2.93. The number of hydrogen-bond donors (Lipinski definition) is 0. The molecule has 0 saturated heterocycles. The Morgan fingerprint density at radius 3 is 3.09 bits per heavy atom. The summed E-state index contributed by atoms with van der Waals surface area (Å²) in [6, 6.07) is 0. The van der Waals surface area contributed by atoms with Crippen LogP contribution in [0, 0.1) is 0 Å². The lowest BCUT2D eigenvalue weighted by molar-refractivity contribution is 0.510. The van der Waals surface area contributed by atoms with Crippen LogP contribution in [0.1, 0.15) is 0 Å². The van der Waals surface area contributed by atoms with Gasteiger partial charge in [-0.05, 0) is 12.2 Å². The second-order valence-electron chi connectivity index (χ2n) is 2.24. The van der Waals surface area contributed by atoms with E-state index in [9.17, 15) is 0 Å². The lowest BCUT2D eigenvalue weighted by Gasteiger charge is -2.07. The Morgan fingerprint density at radius 2 is 2.09 bits per heavy atom. The van der Waals surface area contributed by atoms with Gasteiger partial charge in [0.1, 0.15) is 14.2 Å². The highest BCUT2D eigenvalue weighted by Crippen LogP contribution is 2.23. The van der Waals surface area contributed by atoms with Crippen molar-refractivity contribution in [2.24, 2.45) is 0 Å². The minimum Gasteiger partial charge on any atom is -0.439 e. The van der Waals surface area contributed by atoms with Gasteiger partial charge in [0.2, 0.25) is 0 Å². The molecule has 0 saturated carbocycles. The summed E-state index contributed by atoms with van der Waals surface area (Å²) in [5, 5.41) is 0. The van der Waals surface area contributed by atoms with E-state index in [-0.39, 0.29) is 0 Å². The van der Waals surface area contributed by atoms with Gasteiger partial charge in [0.15, 0.2) is 0 Å². The summed E-state index contributed by atoms with van der Waals surface area (Å²) in [4.78, 5) is 0. The van der Waals surface area contributed by atoms with E-state index in [0.29, 0.717) is 0 Å². The van der Waals surface area contributed by atoms with Gasteiger partial charge in [-0.25, -0.2) is 0 Å². The smallest absolute Gasteiger partial charge is 0.138 e. The van der Waals surface area contributed by atoms with E-state index in [1.54, 1.807) is 0 Å². The predicted octanol–water partition coefficient (Wildman–Crippen LogP) is 2.62. The molecule has 1 heterocycles. The van der Waals surface area contributed by atoms with Gasteiger partial charge in [0.05, 0.1) is 0 Å². The average molecular weight is 162 g/mol. The third kappa shape index (κ3) is 1.33. The Balaban J connectivity index is 2.44. The van der Waals surface area contributed by atoms with Crippen molar-refractivity contribution < 1.29 is 4.52 Å². The maximum Gasteiger partial charge on any atom is 0.138 e. The molecule has 0 bridgehead atoms. The molecule has 0 N–H and O–H groups in total. The van der Waals surface area contributed by atoms with E-state index < -0.39 is 0 Å². The van der Waals surface area contributed by atoms with Crippen LogP contribution in [0.3, 0.4) is 0 Å². The van der Waals surface area contributed by atoms with Gasteiger partial charge < -0.3 is 4.52 Å². The molecule has 0 unspecified atom stereocenters. The normalized spacial score (nSPS) is 21.1. The highest BCUT2D eigenvalue weighted by Gasteiger charge is 2.05. The fourth-order valence-corrected chi connectivity index (χ4v) is 1.53. The minimum absolute atomic E-state index is 0.912. The lowest BCUT2D eigenvalue weighted by atomic mass is 10.2. The van der Waals surface area contributed by atoms with E-state index >= 15 is 0 Å². The van der Waals surface area contributed by atoms with Crippen LogP contribution in [0.2, 0.25) is 0 Å². The maximum absolute atomic E-state index is 5.37. The van der Waals surface area contributed by atoms with Crippen LogP contribution in [-0.4, -0.2) is 5.80 Å². The summed E-state index contributed by atoms with van der Waals surface area (Å²) in [5.74, 6) is 2.95. The molecule has 2 aliphatic rings. The van der Waals surface area contributed by atoms with Crippen LogP contribution in [0.15, 0.2) is 47.8 Å². The molecule has 0 aromatic heterocycles. The molecule has 1 nitrogen and oxygen atoms in total. The topological polar surface area (TPSA) is 9.23 Å². The summed E-state index contributed by atoms with van der Waals surface area (Å²) in [7, 11) is 0.912. The van der Waals surface area contributed by atoms with Crippen LogP contribution >= 0.6 is 8.43 Å². The molecule has 2 heteroatoms. The second kappa shape index (κ2) is 2.89. The number of allylic oxidation sites excluding steroid dienone is 6. The fraction of sp³-hybridized carbons (Fsp3) is 0. The summed E-state index contributed by atoms with van der Waals surface area (Å²) >= 11 is 0. The van der Waals surface area contributed by atoms with Crippen molar-refractivity contribution in [3.63, 3.8) is 0 Å². The molecule has 1 aliphatic carbocycles. The monoisotopic (exact) mass is 162 g/mol. The number of hydrogen-bond acceptors (Lipinski definition) is 1. The predicted molar refractivity (Wildman–Crippen MR) is 48.5 cm³/mol. The summed E-state index contributed by atoms with van der Waals surface area (Å²) < 4.78 is 5.37. The number of fused-ring (bicyclic) bond motifs is 1. The number of rotatable bonds is 0. The van der Waals surface area contributed by atoms with Gasteiger partial charge in [-0.2, -0.15) is 0 Å². The third-order valence-electron chi connectivity index (χ3n) is 1.50. The van der Waals surface area contributed by atoms with Crippen LogP contribution in [0.5, 0.6) is 0 Å². The molecular weight excluding hydrogens is 155 g/mol. The molecule has 0 amide bonds. The van der Waals surface area contributed by atoms with Crippen LogP contribution in [0.25, 0.3) is 0 Å². The van der Waals surface area contributed by atoms with Crippen molar-refractivity contribution in [2.45, 2.75) is 0 Å². The summed E-state index contributed by atoms with van der Waals surface area (Å²) in [6.07, 6.45) is 12.1. The van der Waals surface area contributed by atoms with E-state index in [1.807, 2.05) is 36.2 Å². The lowest BCUT2D eigenvalue weighted by Crippen LogP contribution is -1.89. The van der Waals surface area contributed by atoms with Crippen molar-refractivity contribution in [2.75, 3.05) is 0 Å². The van der Waals surface area contributed by atoms with E-state index in [4.69, 9.17) is 4.52 Å². The molecule has 1 aliphatic heterocycles. The Morgan fingerprint density at radius 1 is 1.09 bits per heavy atom. The molecule has 0 atom stereocenters. The molecule has 54 valence electrons. The highest BCUT2D eigenvalue weighted by molar-refractivity contribution is 7.33. The first-order valence-corrected chi connectivity index (χ1v) is 4.31. The SMILES string of the molecule is C1=CC=C2OP=CC=C2C=C1. The van der Waals surface area contributed by atoms with Crippen molar-refractivity contribution in [3.8, 4) is 0 Å². The first-order valence-electron chi connectivity index (χ1n) is 3.43. The van der Waals surface area contributed by atoms with Gasteiger partial charge in [-0.15, -0.1) is 0 Å². The Labute approximate surface area is 67.3 Å². The quantitative estimate of drug-likeness (QED) is 0.497. The van der Waals surface area contributed by atoms with E-state index in [1.165, 1.54) is 0 Å². The van der Waals surface area contributed by atoms with Gasteiger partial charge in [0.25, 0.3) is 0 Å². The standard InChI is InChI=1S/C9H7OP/c1-2-4-8-6-7-11-10-9(8)5-3-1/h1-7H. The Bertz CT molecular complexity index is 306. The van der Waals surface area contributed by atoms with Gasteiger partial charge in [-0.1, -0.05) is 24.3 Å². The summed E-state index contributed by atoms with van der Waals surface area (Å²) in [6.45, 7) is 0. The molecule has 11 heavy (non-hydrogen) atoms. The van der Waals surface area contributed by atoms with Crippen LogP contribution in [0.4, 0.5) is 0 Å². The maximum atomic E-state index is 5.37. The Hall–Kier alpha value is -1.07. The minimum atomic E-state index is 0.912. The van der Waals surface area contributed by atoms with Crippen molar-refractivity contribution >= 4 is 14.2 Å². The third-order valence-corrected chi connectivity index (χ3v) is 2.07. The largest absolute Gasteiger partial charge is 0.439 e. The molecule has 2 rings (SSSR count). The Kier molecular flexibility index (Phi) is 1.74. The van der Waals surface area contributed by atoms with Crippen LogP contribution in [-0.2, 0) is 4.52 Å². The molecule has 0 aromatic carbocycles. The zero-order chi connectivity index (χ0) is 7.52. The van der Waals surface area contributed by atoms with Crippen molar-refractivity contribution in [3.05, 3.63) is 47.8 Å². The first kappa shape index (κ1) is 6.63. The zero-order valence-corrected chi connectivity index (χ0v) is 6.79. The van der Waals surface area contributed by atoms with Crippen LogP contribution < -0.4 is 0 Å². The highest BCUT2D eigenvalue weighted by atomic mass is 31.1.